The van der Waals surface area contributed by atoms with E-state index in [-0.39, 0.29) is 12.1 Å². The van der Waals surface area contributed by atoms with Crippen molar-refractivity contribution < 1.29 is 9.47 Å². The van der Waals surface area contributed by atoms with Crippen LogP contribution in [-0.4, -0.2) is 32.0 Å². The molecule has 0 aromatic carbocycles. The van der Waals surface area contributed by atoms with E-state index in [1.807, 2.05) is 6.92 Å². The first-order chi connectivity index (χ1) is 7.17. The van der Waals surface area contributed by atoms with Crippen LogP contribution in [0, 0.1) is 5.92 Å². The molecule has 0 saturated carbocycles. The van der Waals surface area contributed by atoms with Gasteiger partial charge in [0.2, 0.25) is 0 Å². The summed E-state index contributed by atoms with van der Waals surface area (Å²) in [5.41, 5.74) is 2.78. The molecule has 3 N–H and O–H groups in total. The average molecular weight is 218 g/mol. The molecule has 4 heteroatoms. The van der Waals surface area contributed by atoms with E-state index in [9.17, 15) is 0 Å². The lowest BCUT2D eigenvalue weighted by molar-refractivity contribution is -0.0235. The Labute approximate surface area is 93.5 Å². The minimum absolute atomic E-state index is 0.0662. The lowest BCUT2D eigenvalue weighted by Gasteiger charge is -2.29. The fourth-order valence-electron chi connectivity index (χ4n) is 1.56. The highest BCUT2D eigenvalue weighted by atomic mass is 16.5. The van der Waals surface area contributed by atoms with Crippen LogP contribution in [0.3, 0.4) is 0 Å². The molecule has 0 aliphatic rings. The quantitative estimate of drug-likeness (QED) is 0.348. The fraction of sp³-hybridized carbons (Fsp3) is 1.00. The molecule has 0 aliphatic heterocycles. The van der Waals surface area contributed by atoms with E-state index in [1.165, 1.54) is 0 Å². The van der Waals surface area contributed by atoms with Gasteiger partial charge in [-0.15, -0.1) is 0 Å². The van der Waals surface area contributed by atoms with Crippen LogP contribution in [0.25, 0.3) is 0 Å². The third kappa shape index (κ3) is 6.10. The predicted octanol–water partition coefficient (Wildman–Crippen LogP) is 1.31. The summed E-state index contributed by atoms with van der Waals surface area (Å²) in [4.78, 5) is 0. The largest absolute Gasteiger partial charge is 0.380 e. The van der Waals surface area contributed by atoms with Crippen LogP contribution in [0.15, 0.2) is 0 Å². The maximum absolute atomic E-state index is 5.66. The molecular formula is C11H26N2O2. The van der Waals surface area contributed by atoms with Crippen molar-refractivity contribution in [2.45, 2.75) is 46.3 Å². The summed E-state index contributed by atoms with van der Waals surface area (Å²) in [6, 6.07) is 0.0662. The smallest absolute Gasteiger partial charge is 0.0786 e. The van der Waals surface area contributed by atoms with Crippen LogP contribution in [0.1, 0.15) is 34.1 Å². The number of nitrogens with one attached hydrogen (secondary N) is 1. The Hall–Kier alpha value is -0.160. The molecule has 0 amide bonds. The molecule has 0 rings (SSSR count). The first kappa shape index (κ1) is 14.8. The van der Waals surface area contributed by atoms with Gasteiger partial charge >= 0.3 is 0 Å². The Morgan fingerprint density at radius 2 is 1.93 bits per heavy atom. The normalized spacial score (nSPS) is 15.6. The van der Waals surface area contributed by atoms with Crippen molar-refractivity contribution in [1.82, 2.24) is 5.43 Å². The Morgan fingerprint density at radius 3 is 2.33 bits per heavy atom. The van der Waals surface area contributed by atoms with Gasteiger partial charge in [-0.05, 0) is 19.3 Å². The number of hydrogen-bond donors (Lipinski definition) is 2. The number of ether oxygens (including phenoxy) is 2. The van der Waals surface area contributed by atoms with E-state index in [1.54, 1.807) is 0 Å². The van der Waals surface area contributed by atoms with Crippen LogP contribution >= 0.6 is 0 Å². The van der Waals surface area contributed by atoms with Crippen molar-refractivity contribution in [2.24, 2.45) is 11.8 Å². The van der Waals surface area contributed by atoms with Gasteiger partial charge in [0.25, 0.3) is 0 Å². The van der Waals surface area contributed by atoms with Crippen molar-refractivity contribution in [3.63, 3.8) is 0 Å². The molecule has 0 bridgehead atoms. The molecule has 0 heterocycles. The highest BCUT2D eigenvalue weighted by molar-refractivity contribution is 4.77. The monoisotopic (exact) mass is 218 g/mol. The highest BCUT2D eigenvalue weighted by Gasteiger charge is 2.24. The molecule has 0 fully saturated rings. The lowest BCUT2D eigenvalue weighted by Crippen LogP contribution is -2.50. The first-order valence-electron chi connectivity index (χ1n) is 5.82. The van der Waals surface area contributed by atoms with Crippen molar-refractivity contribution in [2.75, 3.05) is 19.8 Å². The Morgan fingerprint density at radius 1 is 1.27 bits per heavy atom. The number of nitrogens with two attached hydrogens (primary N) is 1. The van der Waals surface area contributed by atoms with E-state index in [0.717, 1.165) is 13.0 Å². The van der Waals surface area contributed by atoms with Gasteiger partial charge in [0, 0.05) is 13.2 Å². The summed E-state index contributed by atoms with van der Waals surface area (Å²) < 4.78 is 11.2. The molecule has 2 unspecified atom stereocenters. The van der Waals surface area contributed by atoms with E-state index in [0.29, 0.717) is 19.1 Å². The van der Waals surface area contributed by atoms with Crippen LogP contribution in [0.2, 0.25) is 0 Å². The second-order valence-electron chi connectivity index (χ2n) is 4.01. The Kier molecular flexibility index (Phi) is 9.00. The van der Waals surface area contributed by atoms with E-state index < -0.39 is 0 Å². The van der Waals surface area contributed by atoms with Crippen LogP contribution < -0.4 is 11.3 Å². The third-order valence-electron chi connectivity index (χ3n) is 2.27. The van der Waals surface area contributed by atoms with Gasteiger partial charge in [-0.25, -0.2) is 0 Å². The zero-order chi connectivity index (χ0) is 11.7. The zero-order valence-corrected chi connectivity index (χ0v) is 10.5. The van der Waals surface area contributed by atoms with Gasteiger partial charge in [0.1, 0.15) is 0 Å². The van der Waals surface area contributed by atoms with Crippen molar-refractivity contribution >= 4 is 0 Å². The molecule has 0 aromatic rings. The summed E-state index contributed by atoms with van der Waals surface area (Å²) in [7, 11) is 0. The SMILES string of the molecule is CCCOCC(NN)C(OCC)C(C)C. The molecule has 0 aliphatic carbocycles. The topological polar surface area (TPSA) is 56.5 Å². The van der Waals surface area contributed by atoms with Crippen LogP contribution in [0.4, 0.5) is 0 Å². The average Bonchev–Trinajstić information content (AvgIpc) is 2.22. The molecule has 2 atom stereocenters. The molecule has 0 saturated heterocycles. The summed E-state index contributed by atoms with van der Waals surface area (Å²) in [5, 5.41) is 0. The Balaban J connectivity index is 4.06. The van der Waals surface area contributed by atoms with Gasteiger partial charge in [0.05, 0.1) is 18.8 Å². The van der Waals surface area contributed by atoms with Crippen LogP contribution in [-0.2, 0) is 9.47 Å². The molecule has 0 radical (unpaired) electrons. The second-order valence-corrected chi connectivity index (χ2v) is 4.01. The van der Waals surface area contributed by atoms with Gasteiger partial charge in [-0.3, -0.25) is 11.3 Å². The first-order valence-corrected chi connectivity index (χ1v) is 5.82. The number of rotatable bonds is 9. The standard InChI is InChI=1S/C11H26N2O2/c1-5-7-14-8-10(13-12)11(9(3)4)15-6-2/h9-11,13H,5-8,12H2,1-4H3. The number of hydrazine groups is 1. The molecule has 0 aromatic heterocycles. The molecular weight excluding hydrogens is 192 g/mol. The number of hydrogen-bond acceptors (Lipinski definition) is 4. The van der Waals surface area contributed by atoms with Crippen LogP contribution in [0.5, 0.6) is 0 Å². The second kappa shape index (κ2) is 9.09. The highest BCUT2D eigenvalue weighted by Crippen LogP contribution is 2.11. The van der Waals surface area contributed by atoms with Gasteiger partial charge in [-0.2, -0.15) is 0 Å². The van der Waals surface area contributed by atoms with E-state index in [4.69, 9.17) is 15.3 Å². The lowest BCUT2D eigenvalue weighted by atomic mass is 10.0. The van der Waals surface area contributed by atoms with Gasteiger partial charge in [0.15, 0.2) is 0 Å². The molecule has 15 heavy (non-hydrogen) atoms. The summed E-state index contributed by atoms with van der Waals surface area (Å²) in [6.45, 7) is 10.4. The fourth-order valence-corrected chi connectivity index (χ4v) is 1.56. The minimum Gasteiger partial charge on any atom is -0.380 e. The Bertz CT molecular complexity index is 143. The van der Waals surface area contributed by atoms with Crippen molar-refractivity contribution in [3.05, 3.63) is 0 Å². The third-order valence-corrected chi connectivity index (χ3v) is 2.27. The predicted molar refractivity (Wildman–Crippen MR) is 62.5 cm³/mol. The molecule has 0 spiro atoms. The maximum Gasteiger partial charge on any atom is 0.0786 e. The van der Waals surface area contributed by atoms with Gasteiger partial charge in [-0.1, -0.05) is 20.8 Å². The molecule has 92 valence electrons. The summed E-state index contributed by atoms with van der Waals surface area (Å²) in [6.07, 6.45) is 1.13. The van der Waals surface area contributed by atoms with E-state index in [2.05, 4.69) is 26.2 Å². The maximum atomic E-state index is 5.66. The van der Waals surface area contributed by atoms with Gasteiger partial charge < -0.3 is 9.47 Å². The zero-order valence-electron chi connectivity index (χ0n) is 10.5. The minimum atomic E-state index is 0.0662. The van der Waals surface area contributed by atoms with Crippen molar-refractivity contribution in [1.29, 1.82) is 0 Å². The molecule has 4 nitrogen and oxygen atoms in total. The summed E-state index contributed by atoms with van der Waals surface area (Å²) >= 11 is 0. The van der Waals surface area contributed by atoms with E-state index >= 15 is 0 Å². The van der Waals surface area contributed by atoms with Crippen molar-refractivity contribution in [3.8, 4) is 0 Å². The summed E-state index contributed by atoms with van der Waals surface area (Å²) in [5.74, 6) is 5.94.